The molecule has 0 N–H and O–H groups in total. The lowest BCUT2D eigenvalue weighted by atomic mass is 10.0. The third-order valence-electron chi connectivity index (χ3n) is 3.86. The molecule has 0 fully saturated rings. The summed E-state index contributed by atoms with van der Waals surface area (Å²) < 4.78 is 15.2. The van der Waals surface area contributed by atoms with Crippen LogP contribution < -0.4 is 28.5 Å². The number of pyridine rings is 1. The zero-order valence-electron chi connectivity index (χ0n) is 12.9. The van der Waals surface area contributed by atoms with Crippen LogP contribution in [0.2, 0.25) is 5.02 Å². The van der Waals surface area contributed by atoms with E-state index in [9.17, 15) is 4.39 Å². The first kappa shape index (κ1) is 17.9. The highest BCUT2D eigenvalue weighted by Gasteiger charge is 2.15. The number of nitrogens with zero attached hydrogens (tertiary/aromatic N) is 1. The van der Waals surface area contributed by atoms with Crippen LogP contribution in [0.5, 0.6) is 0 Å². The van der Waals surface area contributed by atoms with Gasteiger partial charge in [0.25, 0.3) is 0 Å². The SMILES string of the molecule is Cc1cc(-c2ccc(Cl)cc2)cc(-c2ccc(F)cc2)[n+]1C.[I-]. The standard InChI is InChI=1S/C19H16ClFN.HI/c1-13-11-16(14-3-7-17(20)8-4-14)12-19(22(13)2)15-5-9-18(21)10-6-15;/h3-12H,1-2H3;1H/q+1;/p-1. The molecule has 0 spiro atoms. The summed E-state index contributed by atoms with van der Waals surface area (Å²) in [5.74, 6) is -0.225. The molecule has 1 aromatic heterocycles. The Kier molecular flexibility index (Phi) is 5.76. The van der Waals surface area contributed by atoms with Crippen LogP contribution >= 0.6 is 11.6 Å². The van der Waals surface area contributed by atoms with E-state index < -0.39 is 0 Å². The van der Waals surface area contributed by atoms with Crippen LogP contribution in [-0.2, 0) is 7.05 Å². The smallest absolute Gasteiger partial charge is 0.213 e. The van der Waals surface area contributed by atoms with E-state index in [1.54, 1.807) is 12.1 Å². The molecule has 1 heterocycles. The summed E-state index contributed by atoms with van der Waals surface area (Å²) in [6.07, 6.45) is 0. The minimum Gasteiger partial charge on any atom is -1.00 e. The van der Waals surface area contributed by atoms with Crippen LogP contribution in [-0.4, -0.2) is 0 Å². The molecule has 0 saturated carbocycles. The van der Waals surface area contributed by atoms with E-state index in [0.29, 0.717) is 0 Å². The maximum absolute atomic E-state index is 13.1. The fraction of sp³-hybridized carbons (Fsp3) is 0.105. The third kappa shape index (κ3) is 3.90. The largest absolute Gasteiger partial charge is 1.00 e. The Balaban J connectivity index is 0.00000192. The van der Waals surface area contributed by atoms with Gasteiger partial charge in [0.05, 0.1) is 0 Å². The molecule has 0 amide bonds. The highest BCUT2D eigenvalue weighted by atomic mass is 127. The molecule has 4 heteroatoms. The van der Waals surface area contributed by atoms with Gasteiger partial charge in [-0.25, -0.2) is 4.39 Å². The molecule has 118 valence electrons. The zero-order chi connectivity index (χ0) is 15.7. The van der Waals surface area contributed by atoms with Gasteiger partial charge in [-0.15, -0.1) is 0 Å². The van der Waals surface area contributed by atoms with Gasteiger partial charge in [0.2, 0.25) is 5.69 Å². The lowest BCUT2D eigenvalue weighted by Crippen LogP contribution is -3.00. The predicted octanol–water partition coefficient (Wildman–Crippen LogP) is 1.95. The number of aryl methyl sites for hydroxylation is 1. The van der Waals surface area contributed by atoms with Crippen LogP contribution in [0.25, 0.3) is 22.4 Å². The van der Waals surface area contributed by atoms with Crippen LogP contribution in [0.1, 0.15) is 5.69 Å². The Labute approximate surface area is 157 Å². The number of hydrogen-bond donors (Lipinski definition) is 0. The maximum Gasteiger partial charge on any atom is 0.213 e. The second-order valence-corrected chi connectivity index (χ2v) is 5.78. The average molecular weight is 440 g/mol. The average Bonchev–Trinajstić information content (AvgIpc) is 2.52. The number of rotatable bonds is 2. The van der Waals surface area contributed by atoms with Gasteiger partial charge in [0.1, 0.15) is 12.9 Å². The highest BCUT2D eigenvalue weighted by Crippen LogP contribution is 2.26. The van der Waals surface area contributed by atoms with Gasteiger partial charge in [-0.1, -0.05) is 23.7 Å². The Morgan fingerprint density at radius 3 is 2.00 bits per heavy atom. The Bertz CT molecular complexity index is 814. The lowest BCUT2D eigenvalue weighted by molar-refractivity contribution is -0.666. The van der Waals surface area contributed by atoms with Gasteiger partial charge < -0.3 is 24.0 Å². The second kappa shape index (κ2) is 7.41. The van der Waals surface area contributed by atoms with Gasteiger partial charge in [0, 0.05) is 29.6 Å². The van der Waals surface area contributed by atoms with Crippen molar-refractivity contribution in [3.63, 3.8) is 0 Å². The van der Waals surface area contributed by atoms with Crippen molar-refractivity contribution in [2.45, 2.75) is 6.92 Å². The van der Waals surface area contributed by atoms with Crippen molar-refractivity contribution in [2.75, 3.05) is 0 Å². The molecule has 0 saturated heterocycles. The van der Waals surface area contributed by atoms with Crippen LogP contribution in [0, 0.1) is 12.7 Å². The van der Waals surface area contributed by atoms with Crippen LogP contribution in [0.15, 0.2) is 60.7 Å². The molecular weight excluding hydrogens is 424 g/mol. The third-order valence-corrected chi connectivity index (χ3v) is 4.12. The van der Waals surface area contributed by atoms with E-state index in [-0.39, 0.29) is 29.8 Å². The Hall–Kier alpha value is -1.46. The van der Waals surface area contributed by atoms with E-state index in [1.165, 1.54) is 12.1 Å². The predicted molar refractivity (Wildman–Crippen MR) is 88.2 cm³/mol. The summed E-state index contributed by atoms with van der Waals surface area (Å²) in [6, 6.07) is 18.6. The summed E-state index contributed by atoms with van der Waals surface area (Å²) >= 11 is 5.96. The maximum atomic E-state index is 13.1. The molecule has 23 heavy (non-hydrogen) atoms. The van der Waals surface area contributed by atoms with Gasteiger partial charge >= 0.3 is 0 Å². The molecule has 0 aliphatic heterocycles. The molecule has 0 aliphatic carbocycles. The van der Waals surface area contributed by atoms with E-state index in [2.05, 4.69) is 23.6 Å². The van der Waals surface area contributed by atoms with Crippen molar-refractivity contribution < 1.29 is 32.9 Å². The summed E-state index contributed by atoms with van der Waals surface area (Å²) in [7, 11) is 2.01. The summed E-state index contributed by atoms with van der Waals surface area (Å²) in [6.45, 7) is 2.06. The van der Waals surface area contributed by atoms with Crippen LogP contribution in [0.4, 0.5) is 4.39 Å². The first-order valence-electron chi connectivity index (χ1n) is 7.07. The van der Waals surface area contributed by atoms with E-state index >= 15 is 0 Å². The minimum atomic E-state index is -0.225. The first-order valence-corrected chi connectivity index (χ1v) is 7.45. The minimum absolute atomic E-state index is 0. The fourth-order valence-corrected chi connectivity index (χ4v) is 2.63. The normalized spacial score (nSPS) is 10.3. The van der Waals surface area contributed by atoms with E-state index in [4.69, 9.17) is 11.6 Å². The van der Waals surface area contributed by atoms with Crippen molar-refractivity contribution in [1.29, 1.82) is 0 Å². The molecule has 3 rings (SSSR count). The second-order valence-electron chi connectivity index (χ2n) is 5.34. The van der Waals surface area contributed by atoms with Crippen molar-refractivity contribution in [3.8, 4) is 22.4 Å². The quantitative estimate of drug-likeness (QED) is 0.425. The molecule has 0 atom stereocenters. The molecule has 3 aromatic rings. The number of benzene rings is 2. The van der Waals surface area contributed by atoms with Crippen molar-refractivity contribution in [1.82, 2.24) is 0 Å². The molecule has 0 aliphatic rings. The summed E-state index contributed by atoms with van der Waals surface area (Å²) in [5.41, 5.74) is 5.39. The van der Waals surface area contributed by atoms with Crippen molar-refractivity contribution in [2.24, 2.45) is 7.05 Å². The van der Waals surface area contributed by atoms with Crippen LogP contribution in [0.3, 0.4) is 0 Å². The van der Waals surface area contributed by atoms with Gasteiger partial charge in [-0.3, -0.25) is 0 Å². The van der Waals surface area contributed by atoms with Gasteiger partial charge in [0.15, 0.2) is 5.69 Å². The molecule has 0 unspecified atom stereocenters. The first-order chi connectivity index (χ1) is 10.5. The zero-order valence-corrected chi connectivity index (χ0v) is 15.8. The Morgan fingerprint density at radius 2 is 1.39 bits per heavy atom. The fourth-order valence-electron chi connectivity index (χ4n) is 2.50. The molecule has 0 bridgehead atoms. The number of hydrogen-bond acceptors (Lipinski definition) is 0. The molecular formula is C19H16ClFIN. The van der Waals surface area contributed by atoms with E-state index in [0.717, 1.165) is 33.1 Å². The van der Waals surface area contributed by atoms with Crippen molar-refractivity contribution >= 4 is 11.6 Å². The van der Waals surface area contributed by atoms with E-state index in [1.807, 2.05) is 31.3 Å². The number of halogens is 3. The van der Waals surface area contributed by atoms with Crippen molar-refractivity contribution in [3.05, 3.63) is 77.2 Å². The van der Waals surface area contributed by atoms with Gasteiger partial charge in [-0.2, -0.15) is 4.57 Å². The topological polar surface area (TPSA) is 3.88 Å². The highest BCUT2D eigenvalue weighted by molar-refractivity contribution is 6.30. The summed E-state index contributed by atoms with van der Waals surface area (Å²) in [4.78, 5) is 0. The monoisotopic (exact) mass is 439 g/mol. The lowest BCUT2D eigenvalue weighted by Gasteiger charge is -2.08. The van der Waals surface area contributed by atoms with Gasteiger partial charge in [-0.05, 0) is 47.5 Å². The molecule has 2 aromatic carbocycles. The molecule has 1 nitrogen and oxygen atoms in total. The Morgan fingerprint density at radius 1 is 0.826 bits per heavy atom. The summed E-state index contributed by atoms with van der Waals surface area (Å²) in [5, 5.41) is 0.723. The molecule has 0 radical (unpaired) electrons. The number of aromatic nitrogens is 1.